The third-order valence-electron chi connectivity index (χ3n) is 3.84. The summed E-state index contributed by atoms with van der Waals surface area (Å²) in [4.78, 5) is 14.3. The number of nitrogens with zero attached hydrogens (tertiary/aromatic N) is 2. The van der Waals surface area contributed by atoms with E-state index in [0.717, 1.165) is 31.6 Å². The van der Waals surface area contributed by atoms with Crippen molar-refractivity contribution in [1.29, 1.82) is 0 Å². The van der Waals surface area contributed by atoms with E-state index in [1.54, 1.807) is 0 Å². The Kier molecular flexibility index (Phi) is 4.35. The van der Waals surface area contributed by atoms with Crippen molar-refractivity contribution in [3.05, 3.63) is 11.8 Å². The number of carbonyl (C=O) groups excluding carboxylic acids is 1. The highest BCUT2D eigenvalue weighted by Gasteiger charge is 2.26. The highest BCUT2D eigenvalue weighted by Crippen LogP contribution is 2.25. The maximum absolute atomic E-state index is 12.3. The zero-order valence-electron chi connectivity index (χ0n) is 12.9. The van der Waals surface area contributed by atoms with Crippen molar-refractivity contribution >= 4 is 11.8 Å². The summed E-state index contributed by atoms with van der Waals surface area (Å²) in [6.07, 6.45) is 4.38. The lowest BCUT2D eigenvalue weighted by atomic mass is 9.93. The van der Waals surface area contributed by atoms with Crippen LogP contribution in [0.4, 0.5) is 10.6 Å². The van der Waals surface area contributed by atoms with Gasteiger partial charge in [0.25, 0.3) is 0 Å². The quantitative estimate of drug-likeness (QED) is 0.896. The van der Waals surface area contributed by atoms with Crippen LogP contribution < -0.4 is 5.32 Å². The standard InChI is InChI=1S/C15H25N3O2/c1-5-11-8-6-7-9-18(11)14(19)16-13-10-12(20-17-13)15(2,3)4/h10-11H,5-9H2,1-4H3,(H,16,17,19). The summed E-state index contributed by atoms with van der Waals surface area (Å²) in [6, 6.07) is 2.09. The molecule has 1 aromatic heterocycles. The van der Waals surface area contributed by atoms with E-state index in [1.165, 1.54) is 6.42 Å². The predicted molar refractivity (Wildman–Crippen MR) is 78.9 cm³/mol. The second-order valence-corrected chi connectivity index (χ2v) is 6.51. The molecule has 2 rings (SSSR count). The molecule has 1 aromatic rings. The van der Waals surface area contributed by atoms with Crippen molar-refractivity contribution in [2.45, 2.75) is 64.8 Å². The van der Waals surface area contributed by atoms with Gasteiger partial charge < -0.3 is 9.42 Å². The van der Waals surface area contributed by atoms with Gasteiger partial charge in [0.2, 0.25) is 0 Å². The van der Waals surface area contributed by atoms with E-state index in [4.69, 9.17) is 4.52 Å². The molecule has 0 aliphatic carbocycles. The summed E-state index contributed by atoms with van der Waals surface area (Å²) in [7, 11) is 0. The van der Waals surface area contributed by atoms with Crippen LogP contribution in [-0.4, -0.2) is 28.7 Å². The van der Waals surface area contributed by atoms with Crippen molar-refractivity contribution in [2.24, 2.45) is 0 Å². The van der Waals surface area contributed by atoms with E-state index >= 15 is 0 Å². The molecule has 1 atom stereocenters. The normalized spacial score (nSPS) is 20.0. The first-order valence-corrected chi connectivity index (χ1v) is 7.46. The van der Waals surface area contributed by atoms with Crippen LogP contribution in [0.3, 0.4) is 0 Å². The van der Waals surface area contributed by atoms with Gasteiger partial charge in [0.1, 0.15) is 5.76 Å². The lowest BCUT2D eigenvalue weighted by molar-refractivity contribution is 0.160. The van der Waals surface area contributed by atoms with Gasteiger partial charge in [-0.3, -0.25) is 5.32 Å². The highest BCUT2D eigenvalue weighted by molar-refractivity contribution is 5.88. The number of aromatic nitrogens is 1. The number of amides is 2. The van der Waals surface area contributed by atoms with Gasteiger partial charge >= 0.3 is 6.03 Å². The van der Waals surface area contributed by atoms with Crippen LogP contribution in [0.1, 0.15) is 59.1 Å². The van der Waals surface area contributed by atoms with Crippen molar-refractivity contribution in [3.8, 4) is 0 Å². The summed E-state index contributed by atoms with van der Waals surface area (Å²) in [6.45, 7) is 9.11. The molecule has 5 nitrogen and oxygen atoms in total. The van der Waals surface area contributed by atoms with Crippen molar-refractivity contribution < 1.29 is 9.32 Å². The maximum Gasteiger partial charge on any atom is 0.323 e. The predicted octanol–water partition coefficient (Wildman–Crippen LogP) is 3.77. The number of hydrogen-bond acceptors (Lipinski definition) is 3. The molecule has 1 fully saturated rings. The van der Waals surface area contributed by atoms with Gasteiger partial charge in [0, 0.05) is 24.1 Å². The number of carbonyl (C=O) groups is 1. The molecule has 0 aromatic carbocycles. The second-order valence-electron chi connectivity index (χ2n) is 6.51. The lowest BCUT2D eigenvalue weighted by Gasteiger charge is -2.34. The zero-order chi connectivity index (χ0) is 14.8. The van der Waals surface area contributed by atoms with Crippen LogP contribution in [-0.2, 0) is 5.41 Å². The van der Waals surface area contributed by atoms with Crippen LogP contribution in [0.25, 0.3) is 0 Å². The Labute approximate surface area is 120 Å². The molecular weight excluding hydrogens is 254 g/mol. The third kappa shape index (κ3) is 3.32. The van der Waals surface area contributed by atoms with Crippen LogP contribution in [0.2, 0.25) is 0 Å². The molecule has 0 radical (unpaired) electrons. The summed E-state index contributed by atoms with van der Waals surface area (Å²) in [5.74, 6) is 1.28. The first-order chi connectivity index (χ1) is 9.41. The average molecular weight is 279 g/mol. The Bertz CT molecular complexity index is 462. The Hall–Kier alpha value is -1.52. The molecule has 0 spiro atoms. The van der Waals surface area contributed by atoms with Crippen LogP contribution in [0.15, 0.2) is 10.6 Å². The zero-order valence-corrected chi connectivity index (χ0v) is 12.9. The topological polar surface area (TPSA) is 58.4 Å². The minimum Gasteiger partial charge on any atom is -0.359 e. The monoisotopic (exact) mass is 279 g/mol. The Morgan fingerprint density at radius 3 is 2.85 bits per heavy atom. The SMILES string of the molecule is CCC1CCCCN1C(=O)Nc1cc(C(C)(C)C)on1. The van der Waals surface area contributed by atoms with Crippen LogP contribution >= 0.6 is 0 Å². The highest BCUT2D eigenvalue weighted by atomic mass is 16.5. The molecular formula is C15H25N3O2. The van der Waals surface area contributed by atoms with Crippen molar-refractivity contribution in [1.82, 2.24) is 10.1 Å². The lowest BCUT2D eigenvalue weighted by Crippen LogP contribution is -2.45. The van der Waals surface area contributed by atoms with Gasteiger partial charge in [-0.15, -0.1) is 0 Å². The average Bonchev–Trinajstić information content (AvgIpc) is 2.87. The fourth-order valence-corrected chi connectivity index (χ4v) is 2.56. The van der Waals surface area contributed by atoms with E-state index in [2.05, 4.69) is 38.2 Å². The molecule has 1 N–H and O–H groups in total. The third-order valence-corrected chi connectivity index (χ3v) is 3.84. The summed E-state index contributed by atoms with van der Waals surface area (Å²) in [5.41, 5.74) is -0.104. The minimum atomic E-state index is -0.104. The molecule has 20 heavy (non-hydrogen) atoms. The number of nitrogens with one attached hydrogen (secondary N) is 1. The fraction of sp³-hybridized carbons (Fsp3) is 0.733. The molecule has 1 aliphatic rings. The van der Waals surface area contributed by atoms with Gasteiger partial charge in [-0.25, -0.2) is 4.79 Å². The maximum atomic E-state index is 12.3. The Morgan fingerprint density at radius 2 is 2.25 bits per heavy atom. The van der Waals surface area contributed by atoms with Crippen molar-refractivity contribution in [2.75, 3.05) is 11.9 Å². The van der Waals surface area contributed by atoms with E-state index in [0.29, 0.717) is 11.9 Å². The second kappa shape index (κ2) is 5.85. The van der Waals surface area contributed by atoms with Crippen molar-refractivity contribution in [3.63, 3.8) is 0 Å². The van der Waals surface area contributed by atoms with Gasteiger partial charge in [-0.2, -0.15) is 0 Å². The number of likely N-dealkylation sites (tertiary alicyclic amines) is 1. The van der Waals surface area contributed by atoms with E-state index in [1.807, 2.05) is 11.0 Å². The molecule has 1 aliphatic heterocycles. The van der Waals surface area contributed by atoms with Crippen LogP contribution in [0, 0.1) is 0 Å². The molecule has 112 valence electrons. The summed E-state index contributed by atoms with van der Waals surface area (Å²) < 4.78 is 5.29. The Morgan fingerprint density at radius 1 is 1.50 bits per heavy atom. The first kappa shape index (κ1) is 14.9. The largest absolute Gasteiger partial charge is 0.359 e. The molecule has 1 saturated heterocycles. The summed E-state index contributed by atoms with van der Waals surface area (Å²) >= 11 is 0. The number of piperidine rings is 1. The molecule has 2 heterocycles. The first-order valence-electron chi connectivity index (χ1n) is 7.46. The van der Waals surface area contributed by atoms with Gasteiger partial charge in [-0.1, -0.05) is 32.9 Å². The number of rotatable bonds is 2. The molecule has 0 bridgehead atoms. The molecule has 5 heteroatoms. The van der Waals surface area contributed by atoms with Gasteiger partial charge in [0.05, 0.1) is 0 Å². The van der Waals surface area contributed by atoms with E-state index in [-0.39, 0.29) is 11.4 Å². The van der Waals surface area contributed by atoms with Crippen LogP contribution in [0.5, 0.6) is 0 Å². The molecule has 1 unspecified atom stereocenters. The van der Waals surface area contributed by atoms with E-state index in [9.17, 15) is 4.79 Å². The number of hydrogen-bond donors (Lipinski definition) is 1. The smallest absolute Gasteiger partial charge is 0.323 e. The fourth-order valence-electron chi connectivity index (χ4n) is 2.56. The minimum absolute atomic E-state index is 0.0645. The molecule has 2 amide bonds. The summed E-state index contributed by atoms with van der Waals surface area (Å²) in [5, 5.41) is 6.79. The molecule has 0 saturated carbocycles. The number of anilines is 1. The van der Waals surface area contributed by atoms with Gasteiger partial charge in [-0.05, 0) is 25.7 Å². The Balaban J connectivity index is 2.02. The number of urea groups is 1. The van der Waals surface area contributed by atoms with E-state index < -0.39 is 0 Å². The van der Waals surface area contributed by atoms with Gasteiger partial charge in [0.15, 0.2) is 5.82 Å².